The lowest BCUT2D eigenvalue weighted by molar-refractivity contribution is -0.144. The molecule has 19 heteroatoms. The summed E-state index contributed by atoms with van der Waals surface area (Å²) in [6.45, 7) is 9.20. The summed E-state index contributed by atoms with van der Waals surface area (Å²) in [6.07, 6.45) is 1.70. The van der Waals surface area contributed by atoms with Gasteiger partial charge >= 0.3 is 0 Å². The van der Waals surface area contributed by atoms with E-state index >= 15 is 4.39 Å². The fourth-order valence-electron chi connectivity index (χ4n) is 9.80. The first-order valence-electron chi connectivity index (χ1n) is 24.7. The molecule has 3 aromatic carbocycles. The lowest BCUT2D eigenvalue weighted by atomic mass is 9.85. The average Bonchev–Trinajstić information content (AvgIpc) is 4.05. The molecule has 0 saturated carbocycles. The monoisotopic (exact) mass is 1010 g/mol. The average molecular weight is 1010 g/mol. The van der Waals surface area contributed by atoms with Crippen molar-refractivity contribution in [3.63, 3.8) is 0 Å². The molecular weight excluding hydrogens is 942 g/mol. The number of halogens is 1. The molecule has 72 heavy (non-hydrogen) atoms. The third-order valence-corrected chi connectivity index (χ3v) is 14.8. The molecule has 0 aliphatic carbocycles. The topological polar surface area (TPSA) is 259 Å². The number of hydrogen-bond donors (Lipinski definition) is 7. The first-order chi connectivity index (χ1) is 34.2. The Labute approximate surface area is 423 Å². The van der Waals surface area contributed by atoms with Gasteiger partial charge in [-0.05, 0) is 91.7 Å². The predicted octanol–water partition coefficient (Wildman–Crippen LogP) is 4.65. The molecule has 17 nitrogen and oxygen atoms in total. The molecule has 7 amide bonds. The third kappa shape index (κ3) is 12.4. The van der Waals surface area contributed by atoms with E-state index in [9.17, 15) is 38.7 Å². The first-order valence-corrected chi connectivity index (χ1v) is 25.5. The quantitative estimate of drug-likeness (QED) is 0.0640. The Morgan fingerprint density at radius 1 is 0.917 bits per heavy atom. The van der Waals surface area contributed by atoms with E-state index in [-0.39, 0.29) is 62.7 Å². The number of aliphatic hydroxyl groups excluding tert-OH is 1. The number of unbranched alkanes of at least 4 members (excludes halogenated alkanes) is 2. The van der Waals surface area contributed by atoms with Crippen LogP contribution in [0.25, 0.3) is 10.4 Å². The van der Waals surface area contributed by atoms with E-state index < -0.39 is 83.0 Å². The number of β-amino-alcohol motifs (C(OH)–C–C–N with tert-alkyl or cyclic N) is 1. The molecular formula is C53H66FN9O8S. The highest BCUT2D eigenvalue weighted by atomic mass is 32.1. The second kappa shape index (κ2) is 22.9. The standard InChI is InChI=1S/C53H66FN9O8S/c1-29(31-17-19-34(20-18-31)46-30(2)57-28-72-46)58-49(68)40-26-36(64)27-62(40)52(71)47(53(3,4)5)61-43(66)16-8-6-7-11-32-12-10-15-38(44(32)54)59-48(67)39(23-24-42(56)65)60-50(69)41-25-35-14-9-13-33-21-22-37(55)51(70)63(41)45(33)35/h9-10,12-15,17-20,28-29,36-37,39-41,47,64H,6-8,11,16,21-27,55H2,1-5H3,(H2,56,65)(H,58,68)(H,59,67)(H,60,69)(H,61,66)/t29-,36+,37-,39-,40-,41-,47+/m0/s1. The summed E-state index contributed by atoms with van der Waals surface area (Å²) in [7, 11) is 0. The fourth-order valence-corrected chi connectivity index (χ4v) is 10.6. The van der Waals surface area contributed by atoms with Crippen LogP contribution in [0.15, 0.2) is 66.2 Å². The number of primary amides is 1. The van der Waals surface area contributed by atoms with Crippen LogP contribution in [0, 0.1) is 18.2 Å². The van der Waals surface area contributed by atoms with Crippen LogP contribution in [-0.2, 0) is 52.8 Å². The molecule has 9 N–H and O–H groups in total. The van der Waals surface area contributed by atoms with Gasteiger partial charge in [0.25, 0.3) is 0 Å². The van der Waals surface area contributed by atoms with Gasteiger partial charge in [-0.15, -0.1) is 11.3 Å². The number of para-hydroxylation sites is 1. The van der Waals surface area contributed by atoms with Crippen LogP contribution in [0.4, 0.5) is 15.8 Å². The van der Waals surface area contributed by atoms with Gasteiger partial charge in [-0.25, -0.2) is 9.37 Å². The maximum absolute atomic E-state index is 16.0. The molecule has 7 atom stereocenters. The minimum absolute atomic E-state index is 0.0561. The van der Waals surface area contributed by atoms with Crippen molar-refractivity contribution >= 4 is 64.1 Å². The van der Waals surface area contributed by atoms with Gasteiger partial charge in [0.1, 0.15) is 30.0 Å². The van der Waals surface area contributed by atoms with E-state index in [4.69, 9.17) is 11.5 Å². The Morgan fingerprint density at radius 3 is 2.32 bits per heavy atom. The molecule has 4 heterocycles. The molecule has 3 aliphatic heterocycles. The summed E-state index contributed by atoms with van der Waals surface area (Å²) < 4.78 is 16.0. The van der Waals surface area contributed by atoms with Crippen LogP contribution >= 0.6 is 11.3 Å². The second-order valence-electron chi connectivity index (χ2n) is 20.3. The highest BCUT2D eigenvalue weighted by Crippen LogP contribution is 2.39. The first kappa shape index (κ1) is 53.2. The number of thiazole rings is 1. The number of rotatable bonds is 19. The van der Waals surface area contributed by atoms with Crippen molar-refractivity contribution in [1.29, 1.82) is 0 Å². The number of aryl methyl sites for hydroxylation is 3. The molecule has 384 valence electrons. The molecule has 4 aromatic rings. The number of hydrogen-bond acceptors (Lipinski definition) is 11. The smallest absolute Gasteiger partial charge is 0.247 e. The molecule has 3 aliphatic rings. The van der Waals surface area contributed by atoms with Crippen molar-refractivity contribution < 1.29 is 43.1 Å². The summed E-state index contributed by atoms with van der Waals surface area (Å²) in [5, 5.41) is 21.8. The summed E-state index contributed by atoms with van der Waals surface area (Å²) in [5.74, 6) is -4.42. The molecule has 0 bridgehead atoms. The van der Waals surface area contributed by atoms with Crippen LogP contribution in [0.1, 0.15) is 113 Å². The predicted molar refractivity (Wildman–Crippen MR) is 272 cm³/mol. The normalized spacial score (nSPS) is 19.7. The maximum Gasteiger partial charge on any atom is 0.247 e. The fraction of sp³-hybridized carbons (Fsp3) is 0.472. The van der Waals surface area contributed by atoms with Crippen molar-refractivity contribution in [3.05, 3.63) is 99.9 Å². The van der Waals surface area contributed by atoms with Crippen LogP contribution in [0.2, 0.25) is 0 Å². The maximum atomic E-state index is 16.0. The van der Waals surface area contributed by atoms with Crippen LogP contribution in [-0.4, -0.2) is 99.2 Å². The van der Waals surface area contributed by atoms with E-state index in [1.54, 1.807) is 29.0 Å². The van der Waals surface area contributed by atoms with Crippen molar-refractivity contribution in [2.24, 2.45) is 16.9 Å². The Balaban J connectivity index is 0.902. The zero-order valence-corrected chi connectivity index (χ0v) is 42.3. The van der Waals surface area contributed by atoms with Gasteiger partial charge in [0.05, 0.1) is 45.6 Å². The van der Waals surface area contributed by atoms with Crippen molar-refractivity contribution in [1.82, 2.24) is 25.8 Å². The Kier molecular flexibility index (Phi) is 16.9. The largest absolute Gasteiger partial charge is 0.391 e. The minimum atomic E-state index is -1.29. The second-order valence-corrected chi connectivity index (χ2v) is 21.1. The van der Waals surface area contributed by atoms with E-state index in [1.807, 2.05) is 77.1 Å². The highest BCUT2D eigenvalue weighted by Gasteiger charge is 2.46. The van der Waals surface area contributed by atoms with Crippen LogP contribution in [0.3, 0.4) is 0 Å². The Hall–Kier alpha value is -6.57. The van der Waals surface area contributed by atoms with E-state index in [0.29, 0.717) is 43.4 Å². The highest BCUT2D eigenvalue weighted by molar-refractivity contribution is 7.13. The van der Waals surface area contributed by atoms with Crippen LogP contribution < -0.4 is 37.6 Å². The van der Waals surface area contributed by atoms with E-state index in [1.165, 1.54) is 15.9 Å². The molecule has 1 saturated heterocycles. The van der Waals surface area contributed by atoms with Crippen molar-refractivity contribution in [2.45, 2.75) is 148 Å². The van der Waals surface area contributed by atoms with Crippen LogP contribution in [0.5, 0.6) is 0 Å². The molecule has 0 radical (unpaired) electrons. The van der Waals surface area contributed by atoms with Crippen molar-refractivity contribution in [2.75, 3.05) is 16.8 Å². The number of carbonyl (C=O) groups excluding carboxylic acids is 7. The van der Waals surface area contributed by atoms with Gasteiger partial charge in [0.15, 0.2) is 0 Å². The van der Waals surface area contributed by atoms with Gasteiger partial charge in [-0.2, -0.15) is 0 Å². The number of amides is 7. The molecule has 1 aromatic heterocycles. The van der Waals surface area contributed by atoms with Gasteiger partial charge in [0.2, 0.25) is 41.4 Å². The summed E-state index contributed by atoms with van der Waals surface area (Å²) in [4.78, 5) is 102. The summed E-state index contributed by atoms with van der Waals surface area (Å²) in [6, 6.07) is 12.6. The number of anilines is 2. The number of nitrogens with one attached hydrogen (secondary N) is 4. The van der Waals surface area contributed by atoms with Gasteiger partial charge in [-0.1, -0.05) is 81.8 Å². The molecule has 7 rings (SSSR count). The number of carbonyl (C=O) groups is 7. The van der Waals surface area contributed by atoms with Gasteiger partial charge in [0, 0.05) is 32.2 Å². The molecule has 0 unspecified atom stereocenters. The summed E-state index contributed by atoms with van der Waals surface area (Å²) in [5.41, 5.74) is 18.0. The van der Waals surface area contributed by atoms with E-state index in [0.717, 1.165) is 32.8 Å². The number of likely N-dealkylation sites (tertiary alicyclic amines) is 1. The van der Waals surface area contributed by atoms with Gasteiger partial charge in [-0.3, -0.25) is 38.5 Å². The number of aliphatic hydroxyl groups is 1. The minimum Gasteiger partial charge on any atom is -0.391 e. The lowest BCUT2D eigenvalue weighted by Crippen LogP contribution is -2.57. The third-order valence-electron chi connectivity index (χ3n) is 13.8. The zero-order valence-electron chi connectivity index (χ0n) is 41.5. The lowest BCUT2D eigenvalue weighted by Gasteiger charge is -2.35. The number of nitrogens with zero attached hydrogens (tertiary/aromatic N) is 3. The Bertz CT molecular complexity index is 2690. The number of benzene rings is 3. The number of aromatic nitrogens is 1. The molecule has 0 spiro atoms. The van der Waals surface area contributed by atoms with Crippen molar-refractivity contribution in [3.8, 4) is 10.4 Å². The zero-order chi connectivity index (χ0) is 52.0. The Morgan fingerprint density at radius 2 is 1.62 bits per heavy atom. The SMILES string of the molecule is Cc1ncsc1-c1ccc([C@H](C)NC(=O)[C@@H]2C[C@@H](O)CN2C(=O)[C@@H](NC(=O)CCCCCc2cccc(NC(=O)[C@H](CCC(N)=O)NC(=O)[C@@H]3Cc4cccc5c4N3C(=O)[C@@H](N)CC5)c2F)C(C)(C)C)cc1. The van der Waals surface area contributed by atoms with Gasteiger partial charge < -0.3 is 42.7 Å². The number of nitrogens with two attached hydrogens (primary N) is 2. The summed E-state index contributed by atoms with van der Waals surface area (Å²) >= 11 is 1.55. The van der Waals surface area contributed by atoms with E-state index in [2.05, 4.69) is 26.3 Å². The molecule has 1 fully saturated rings.